The van der Waals surface area contributed by atoms with Gasteiger partial charge in [0.1, 0.15) is 12.0 Å². The van der Waals surface area contributed by atoms with Crippen molar-refractivity contribution in [3.8, 4) is 0 Å². The Labute approximate surface area is 86.7 Å². The Bertz CT molecular complexity index is 348. The molecular formula is C10H10N2O3. The average molecular weight is 206 g/mol. The van der Waals surface area contributed by atoms with Gasteiger partial charge in [0.05, 0.1) is 0 Å². The van der Waals surface area contributed by atoms with Gasteiger partial charge in [-0.25, -0.2) is 15.3 Å². The molecule has 0 saturated heterocycles. The lowest BCUT2D eigenvalue weighted by atomic mass is 10.4. The number of allylic oxidation sites excluding steroid dienone is 2. The van der Waals surface area contributed by atoms with E-state index >= 15 is 0 Å². The van der Waals surface area contributed by atoms with Crippen molar-refractivity contribution >= 4 is 5.97 Å². The van der Waals surface area contributed by atoms with Crippen LogP contribution in [-0.4, -0.2) is 16.1 Å². The fourth-order valence-corrected chi connectivity index (χ4v) is 0.747. The third kappa shape index (κ3) is 4.47. The maximum atomic E-state index is 10.1. The molecule has 0 amide bonds. The summed E-state index contributed by atoms with van der Waals surface area (Å²) in [5, 5.41) is 8.32. The van der Waals surface area contributed by atoms with Gasteiger partial charge in [-0.15, -0.1) is 0 Å². The van der Waals surface area contributed by atoms with Gasteiger partial charge in [0.25, 0.3) is 0 Å². The van der Waals surface area contributed by atoms with Gasteiger partial charge in [-0.1, -0.05) is 6.07 Å². The lowest BCUT2D eigenvalue weighted by Crippen LogP contribution is -2.01. The van der Waals surface area contributed by atoms with Crippen molar-refractivity contribution in [2.45, 2.75) is 0 Å². The summed E-state index contributed by atoms with van der Waals surface area (Å²) in [6.45, 7) is 0. The van der Waals surface area contributed by atoms with Crippen LogP contribution in [0.4, 0.5) is 0 Å². The van der Waals surface area contributed by atoms with E-state index in [4.69, 9.17) is 5.11 Å². The van der Waals surface area contributed by atoms with Crippen molar-refractivity contribution < 1.29 is 14.7 Å². The summed E-state index contributed by atoms with van der Waals surface area (Å²) >= 11 is 0. The Morgan fingerprint density at radius 3 is 2.53 bits per heavy atom. The predicted molar refractivity (Wildman–Crippen MR) is 53.7 cm³/mol. The van der Waals surface area contributed by atoms with Crippen LogP contribution in [-0.2, 0) is 4.84 Å². The Morgan fingerprint density at radius 1 is 1.40 bits per heavy atom. The van der Waals surface area contributed by atoms with Crippen molar-refractivity contribution in [3.63, 3.8) is 0 Å². The van der Waals surface area contributed by atoms with Crippen molar-refractivity contribution in [2.24, 2.45) is 0 Å². The number of hydrogen-bond acceptors (Lipinski definition) is 4. The highest BCUT2D eigenvalue weighted by Gasteiger charge is 1.98. The molecule has 1 aromatic rings. The minimum atomic E-state index is -0.990. The number of aromatic carboxylic acids is 1. The number of carboxylic acids is 1. The third-order valence-corrected chi connectivity index (χ3v) is 1.37. The summed E-state index contributed by atoms with van der Waals surface area (Å²) in [6.07, 6.45) is 8.38. The number of pyridine rings is 1. The SMILES string of the molecule is C1=CNOC=C1.O=C(O)c1ccccn1. The van der Waals surface area contributed by atoms with E-state index in [0.29, 0.717) is 0 Å². The van der Waals surface area contributed by atoms with Crippen LogP contribution in [0.3, 0.4) is 0 Å². The summed E-state index contributed by atoms with van der Waals surface area (Å²) in [5.74, 6) is -0.990. The number of carbonyl (C=O) groups is 1. The van der Waals surface area contributed by atoms with Gasteiger partial charge in [0.2, 0.25) is 0 Å². The number of rotatable bonds is 1. The molecule has 1 aromatic heterocycles. The molecular weight excluding hydrogens is 196 g/mol. The van der Waals surface area contributed by atoms with E-state index in [1.165, 1.54) is 12.3 Å². The Morgan fingerprint density at radius 2 is 2.27 bits per heavy atom. The normalized spacial score (nSPS) is 11.7. The van der Waals surface area contributed by atoms with Gasteiger partial charge in [0.15, 0.2) is 0 Å². The van der Waals surface area contributed by atoms with Crippen LogP contribution in [0.2, 0.25) is 0 Å². The Kier molecular flexibility index (Phi) is 4.45. The first kappa shape index (κ1) is 10.8. The molecule has 78 valence electrons. The van der Waals surface area contributed by atoms with Crippen molar-refractivity contribution in [2.75, 3.05) is 0 Å². The number of hydrogen-bond donors (Lipinski definition) is 2. The first-order chi connectivity index (χ1) is 7.30. The van der Waals surface area contributed by atoms with E-state index in [-0.39, 0.29) is 5.69 Å². The number of aromatic nitrogens is 1. The van der Waals surface area contributed by atoms with Crippen LogP contribution in [0, 0.1) is 0 Å². The summed E-state index contributed by atoms with van der Waals surface area (Å²) in [5.41, 5.74) is 2.60. The van der Waals surface area contributed by atoms with E-state index < -0.39 is 5.97 Å². The molecule has 5 nitrogen and oxygen atoms in total. The molecule has 0 bridgehead atoms. The topological polar surface area (TPSA) is 71.5 Å². The molecule has 0 fully saturated rings. The van der Waals surface area contributed by atoms with E-state index in [2.05, 4.69) is 15.3 Å². The smallest absolute Gasteiger partial charge is 0.354 e. The van der Waals surface area contributed by atoms with E-state index in [1.54, 1.807) is 30.7 Å². The molecule has 0 spiro atoms. The zero-order valence-electron chi connectivity index (χ0n) is 7.83. The van der Waals surface area contributed by atoms with Gasteiger partial charge < -0.3 is 9.94 Å². The van der Waals surface area contributed by atoms with Crippen molar-refractivity contribution in [1.82, 2.24) is 10.5 Å². The molecule has 1 aliphatic rings. The van der Waals surface area contributed by atoms with Crippen LogP contribution < -0.4 is 5.48 Å². The molecule has 5 heteroatoms. The van der Waals surface area contributed by atoms with Crippen molar-refractivity contribution in [1.29, 1.82) is 0 Å². The minimum Gasteiger partial charge on any atom is -0.477 e. The summed E-state index contributed by atoms with van der Waals surface area (Å²) < 4.78 is 0. The molecule has 0 unspecified atom stereocenters. The number of carboxylic acid groups (broad SMARTS) is 1. The Balaban J connectivity index is 0.000000162. The number of nitrogens with one attached hydrogen (secondary N) is 1. The largest absolute Gasteiger partial charge is 0.477 e. The standard InChI is InChI=1S/C6H5NO2.C4H5NO/c8-6(9)5-3-1-2-4-7-5;1-2-4-6-5-3-1/h1-4H,(H,8,9);1-5H. The zero-order chi connectivity index (χ0) is 10.9. The Hall–Kier alpha value is -2.30. The van der Waals surface area contributed by atoms with Crippen LogP contribution in [0.25, 0.3) is 0 Å². The zero-order valence-corrected chi connectivity index (χ0v) is 7.83. The van der Waals surface area contributed by atoms with Gasteiger partial charge in [-0.2, -0.15) is 0 Å². The van der Waals surface area contributed by atoms with Gasteiger partial charge in [0, 0.05) is 12.4 Å². The fourth-order valence-electron chi connectivity index (χ4n) is 0.747. The minimum absolute atomic E-state index is 0.0810. The molecule has 1 aliphatic heterocycles. The molecule has 0 aromatic carbocycles. The lowest BCUT2D eigenvalue weighted by Gasteiger charge is -1.97. The number of hydroxylamine groups is 1. The first-order valence-corrected chi connectivity index (χ1v) is 4.18. The maximum absolute atomic E-state index is 10.1. The van der Waals surface area contributed by atoms with Gasteiger partial charge >= 0.3 is 5.97 Å². The molecule has 0 radical (unpaired) electrons. The van der Waals surface area contributed by atoms with Gasteiger partial charge in [-0.3, -0.25) is 0 Å². The summed E-state index contributed by atoms with van der Waals surface area (Å²) in [4.78, 5) is 18.3. The summed E-state index contributed by atoms with van der Waals surface area (Å²) in [7, 11) is 0. The quantitative estimate of drug-likeness (QED) is 0.725. The van der Waals surface area contributed by atoms with Crippen LogP contribution in [0.1, 0.15) is 10.5 Å². The van der Waals surface area contributed by atoms with E-state index in [0.717, 1.165) is 0 Å². The third-order valence-electron chi connectivity index (χ3n) is 1.37. The lowest BCUT2D eigenvalue weighted by molar-refractivity contribution is 0.0690. The monoisotopic (exact) mass is 206 g/mol. The maximum Gasteiger partial charge on any atom is 0.354 e. The van der Waals surface area contributed by atoms with Crippen LogP contribution in [0.5, 0.6) is 0 Å². The van der Waals surface area contributed by atoms with E-state index in [9.17, 15) is 4.79 Å². The van der Waals surface area contributed by atoms with Crippen LogP contribution in [0.15, 0.2) is 49.0 Å². The van der Waals surface area contributed by atoms with Crippen molar-refractivity contribution in [3.05, 3.63) is 54.7 Å². The highest BCUT2D eigenvalue weighted by Crippen LogP contribution is 1.90. The first-order valence-electron chi connectivity index (χ1n) is 4.18. The predicted octanol–water partition coefficient (Wildman–Crippen LogP) is 1.33. The summed E-state index contributed by atoms with van der Waals surface area (Å²) in [6, 6.07) is 4.76. The molecule has 0 atom stereocenters. The highest BCUT2D eigenvalue weighted by atomic mass is 16.6. The highest BCUT2D eigenvalue weighted by molar-refractivity contribution is 5.85. The molecule has 0 aliphatic carbocycles. The second kappa shape index (κ2) is 6.20. The fraction of sp³-hybridized carbons (Fsp3) is 0. The van der Waals surface area contributed by atoms with Gasteiger partial charge in [-0.05, 0) is 24.3 Å². The number of nitrogens with zero attached hydrogens (tertiary/aromatic N) is 1. The molecule has 0 saturated carbocycles. The average Bonchev–Trinajstić information content (AvgIpc) is 2.33. The van der Waals surface area contributed by atoms with Crippen LogP contribution >= 0.6 is 0 Å². The molecule has 2 N–H and O–H groups in total. The molecule has 2 rings (SSSR count). The van der Waals surface area contributed by atoms with E-state index in [1.807, 2.05) is 6.08 Å². The second-order valence-electron chi connectivity index (χ2n) is 2.44. The molecule has 15 heavy (non-hydrogen) atoms. The molecule has 2 heterocycles. The second-order valence-corrected chi connectivity index (χ2v) is 2.44.